The number of carboxylic acid groups (broad SMARTS) is 1. The summed E-state index contributed by atoms with van der Waals surface area (Å²) in [4.78, 5) is 24.3. The minimum Gasteiger partial charge on any atom is -0.481 e. The molecule has 1 saturated heterocycles. The van der Waals surface area contributed by atoms with E-state index in [1.165, 1.54) is 6.07 Å². The standard InChI is InChI=1S/C18H22F3NO4/c19-18(20,21)14-5-3-4-12(8-14)15-10-22(9-13(15)11-23)16(24)6-1-2-7-17(25)26/h3-5,8,13,15,23H,1-2,6-7,9-11H2,(H,25,26). The molecule has 26 heavy (non-hydrogen) atoms. The van der Waals surface area contributed by atoms with Crippen molar-refractivity contribution in [2.75, 3.05) is 19.7 Å². The van der Waals surface area contributed by atoms with E-state index >= 15 is 0 Å². The molecule has 2 unspecified atom stereocenters. The molecule has 1 fully saturated rings. The maximum absolute atomic E-state index is 12.9. The van der Waals surface area contributed by atoms with Gasteiger partial charge in [0.2, 0.25) is 5.91 Å². The first-order valence-electron chi connectivity index (χ1n) is 8.50. The summed E-state index contributed by atoms with van der Waals surface area (Å²) in [5.74, 6) is -1.75. The van der Waals surface area contributed by atoms with Crippen LogP contribution in [0.5, 0.6) is 0 Å². The zero-order valence-corrected chi connectivity index (χ0v) is 14.2. The molecule has 1 heterocycles. The van der Waals surface area contributed by atoms with Crippen molar-refractivity contribution in [3.63, 3.8) is 0 Å². The number of aliphatic hydroxyl groups excluding tert-OH is 1. The Bertz CT molecular complexity index is 648. The fourth-order valence-electron chi connectivity index (χ4n) is 3.29. The van der Waals surface area contributed by atoms with Gasteiger partial charge in [-0.25, -0.2) is 0 Å². The first kappa shape index (κ1) is 20.2. The average Bonchev–Trinajstić information content (AvgIpc) is 3.02. The summed E-state index contributed by atoms with van der Waals surface area (Å²) in [6, 6.07) is 5.00. The maximum Gasteiger partial charge on any atom is 0.416 e. The number of rotatable bonds is 7. The molecular formula is C18H22F3NO4. The van der Waals surface area contributed by atoms with Gasteiger partial charge in [-0.1, -0.05) is 18.2 Å². The molecule has 5 nitrogen and oxygen atoms in total. The number of alkyl halides is 3. The fourth-order valence-corrected chi connectivity index (χ4v) is 3.29. The van der Waals surface area contributed by atoms with Gasteiger partial charge < -0.3 is 15.1 Å². The van der Waals surface area contributed by atoms with E-state index < -0.39 is 17.7 Å². The number of aliphatic hydroxyl groups is 1. The Morgan fingerprint density at radius 3 is 2.46 bits per heavy atom. The molecule has 1 aliphatic heterocycles. The number of unbranched alkanes of at least 4 members (excludes halogenated alkanes) is 1. The minimum atomic E-state index is -4.44. The number of halogens is 3. The van der Waals surface area contributed by atoms with Gasteiger partial charge in [0.1, 0.15) is 0 Å². The van der Waals surface area contributed by atoms with Gasteiger partial charge in [0, 0.05) is 44.4 Å². The Hall–Kier alpha value is -2.09. The summed E-state index contributed by atoms with van der Waals surface area (Å²) in [6.45, 7) is 0.323. The van der Waals surface area contributed by atoms with Gasteiger partial charge in [-0.15, -0.1) is 0 Å². The van der Waals surface area contributed by atoms with E-state index in [0.29, 0.717) is 18.4 Å². The van der Waals surface area contributed by atoms with Crippen molar-refractivity contribution in [1.29, 1.82) is 0 Å². The van der Waals surface area contributed by atoms with Crippen LogP contribution in [-0.2, 0) is 15.8 Å². The number of carbonyl (C=O) groups is 2. The summed E-state index contributed by atoms with van der Waals surface area (Å²) in [6.07, 6.45) is -3.40. The third kappa shape index (κ3) is 5.20. The molecule has 2 N–H and O–H groups in total. The SMILES string of the molecule is O=C(O)CCCCC(=O)N1CC(CO)C(c2cccc(C(F)(F)F)c2)C1. The van der Waals surface area contributed by atoms with Crippen LogP contribution in [0.15, 0.2) is 24.3 Å². The molecule has 144 valence electrons. The number of hydrogen-bond acceptors (Lipinski definition) is 3. The van der Waals surface area contributed by atoms with Crippen LogP contribution in [0, 0.1) is 5.92 Å². The lowest BCUT2D eigenvalue weighted by atomic mass is 9.88. The van der Waals surface area contributed by atoms with Gasteiger partial charge in [-0.05, 0) is 24.5 Å². The molecule has 2 atom stereocenters. The summed E-state index contributed by atoms with van der Waals surface area (Å²) < 4.78 is 38.7. The van der Waals surface area contributed by atoms with Crippen molar-refractivity contribution in [3.05, 3.63) is 35.4 Å². The quantitative estimate of drug-likeness (QED) is 0.721. The summed E-state index contributed by atoms with van der Waals surface area (Å²) in [7, 11) is 0. The smallest absolute Gasteiger partial charge is 0.416 e. The molecule has 1 aliphatic rings. The number of aliphatic carboxylic acids is 1. The molecule has 2 rings (SSSR count). The highest BCUT2D eigenvalue weighted by molar-refractivity contribution is 5.76. The molecular weight excluding hydrogens is 351 g/mol. The molecule has 0 saturated carbocycles. The second-order valence-corrected chi connectivity index (χ2v) is 6.57. The van der Waals surface area contributed by atoms with E-state index in [0.717, 1.165) is 12.1 Å². The Kier molecular flexibility index (Phi) is 6.63. The fraction of sp³-hybridized carbons (Fsp3) is 0.556. The number of carboxylic acids is 1. The van der Waals surface area contributed by atoms with Crippen molar-refractivity contribution >= 4 is 11.9 Å². The summed E-state index contributed by atoms with van der Waals surface area (Å²) in [5.41, 5.74) is -0.287. The lowest BCUT2D eigenvalue weighted by Gasteiger charge is -2.18. The topological polar surface area (TPSA) is 77.8 Å². The van der Waals surface area contributed by atoms with Gasteiger partial charge in [-0.3, -0.25) is 9.59 Å². The van der Waals surface area contributed by atoms with Crippen LogP contribution < -0.4 is 0 Å². The van der Waals surface area contributed by atoms with Crippen LogP contribution >= 0.6 is 0 Å². The predicted molar refractivity (Wildman–Crippen MR) is 87.4 cm³/mol. The highest BCUT2D eigenvalue weighted by Crippen LogP contribution is 2.36. The zero-order valence-electron chi connectivity index (χ0n) is 14.2. The average molecular weight is 373 g/mol. The van der Waals surface area contributed by atoms with Crippen LogP contribution in [0.4, 0.5) is 13.2 Å². The van der Waals surface area contributed by atoms with E-state index in [2.05, 4.69) is 0 Å². The number of hydrogen-bond donors (Lipinski definition) is 2. The molecule has 0 bridgehead atoms. The lowest BCUT2D eigenvalue weighted by molar-refractivity contribution is -0.138. The second kappa shape index (κ2) is 8.53. The van der Waals surface area contributed by atoms with E-state index in [1.807, 2.05) is 0 Å². The van der Waals surface area contributed by atoms with E-state index in [9.17, 15) is 27.9 Å². The molecule has 0 spiro atoms. The number of carbonyl (C=O) groups excluding carboxylic acids is 1. The maximum atomic E-state index is 12.9. The molecule has 8 heteroatoms. The normalized spacial score (nSPS) is 20.4. The van der Waals surface area contributed by atoms with Crippen molar-refractivity contribution in [2.24, 2.45) is 5.92 Å². The Labute approximate surface area is 149 Å². The second-order valence-electron chi connectivity index (χ2n) is 6.57. The zero-order chi connectivity index (χ0) is 19.3. The van der Waals surface area contributed by atoms with E-state index in [1.54, 1.807) is 11.0 Å². The van der Waals surface area contributed by atoms with Gasteiger partial charge in [-0.2, -0.15) is 13.2 Å². The van der Waals surface area contributed by atoms with Crippen LogP contribution in [0.3, 0.4) is 0 Å². The van der Waals surface area contributed by atoms with Crippen molar-refractivity contribution in [2.45, 2.75) is 37.8 Å². The Balaban J connectivity index is 2.02. The number of benzene rings is 1. The van der Waals surface area contributed by atoms with E-state index in [4.69, 9.17) is 5.11 Å². The van der Waals surface area contributed by atoms with Crippen LogP contribution in [0.2, 0.25) is 0 Å². The van der Waals surface area contributed by atoms with Gasteiger partial charge >= 0.3 is 12.1 Å². The monoisotopic (exact) mass is 373 g/mol. The minimum absolute atomic E-state index is 0.000591. The Morgan fingerprint density at radius 1 is 1.15 bits per heavy atom. The molecule has 0 aromatic heterocycles. The highest BCUT2D eigenvalue weighted by atomic mass is 19.4. The number of likely N-dealkylation sites (tertiary alicyclic amines) is 1. The lowest BCUT2D eigenvalue weighted by Crippen LogP contribution is -2.29. The van der Waals surface area contributed by atoms with Gasteiger partial charge in [0.25, 0.3) is 0 Å². The van der Waals surface area contributed by atoms with Crippen molar-refractivity contribution in [1.82, 2.24) is 4.90 Å². The third-order valence-corrected chi connectivity index (χ3v) is 4.70. The summed E-state index contributed by atoms with van der Waals surface area (Å²) >= 11 is 0. The molecule has 0 radical (unpaired) electrons. The largest absolute Gasteiger partial charge is 0.481 e. The first-order valence-corrected chi connectivity index (χ1v) is 8.50. The van der Waals surface area contributed by atoms with Crippen LogP contribution in [0.25, 0.3) is 0 Å². The van der Waals surface area contributed by atoms with Crippen molar-refractivity contribution < 1.29 is 33.0 Å². The predicted octanol–water partition coefficient (Wildman–Crippen LogP) is 2.88. The number of nitrogens with zero attached hydrogens (tertiary/aromatic N) is 1. The molecule has 1 aromatic rings. The number of amides is 1. The van der Waals surface area contributed by atoms with E-state index in [-0.39, 0.29) is 50.3 Å². The highest BCUT2D eigenvalue weighted by Gasteiger charge is 2.37. The Morgan fingerprint density at radius 2 is 1.85 bits per heavy atom. The molecule has 1 aromatic carbocycles. The van der Waals surface area contributed by atoms with Gasteiger partial charge in [0.05, 0.1) is 5.56 Å². The van der Waals surface area contributed by atoms with Gasteiger partial charge in [0.15, 0.2) is 0 Å². The van der Waals surface area contributed by atoms with Crippen LogP contribution in [-0.4, -0.2) is 46.7 Å². The molecule has 0 aliphatic carbocycles. The van der Waals surface area contributed by atoms with Crippen molar-refractivity contribution in [3.8, 4) is 0 Å². The summed E-state index contributed by atoms with van der Waals surface area (Å²) in [5, 5.41) is 18.2. The van der Waals surface area contributed by atoms with Crippen LogP contribution in [0.1, 0.15) is 42.7 Å². The third-order valence-electron chi connectivity index (χ3n) is 4.70. The first-order chi connectivity index (χ1) is 12.2. The molecule has 1 amide bonds.